The number of aliphatic carboxylic acids is 1. The molecule has 0 spiro atoms. The fraction of sp³-hybridized carbons (Fsp3) is 0.526. The zero-order valence-electron chi connectivity index (χ0n) is 16.2. The molecule has 8 heteroatoms. The largest absolute Gasteiger partial charge is 0.479 e. The predicted molar refractivity (Wildman–Crippen MR) is 100 cm³/mol. The summed E-state index contributed by atoms with van der Waals surface area (Å²) in [4.78, 5) is 35.2. The number of carboxylic acid groups (broad SMARTS) is 1. The van der Waals surface area contributed by atoms with Crippen molar-refractivity contribution in [3.05, 3.63) is 35.9 Å². The molecule has 0 aliphatic carbocycles. The molecule has 1 aromatic carbocycles. The molecule has 0 aliphatic heterocycles. The number of carbonyl (C=O) groups excluding carboxylic acids is 2. The van der Waals surface area contributed by atoms with Gasteiger partial charge in [-0.2, -0.15) is 0 Å². The van der Waals surface area contributed by atoms with Gasteiger partial charge in [-0.1, -0.05) is 30.3 Å². The second kappa shape index (κ2) is 10.6. The quantitative estimate of drug-likeness (QED) is 0.335. The summed E-state index contributed by atoms with van der Waals surface area (Å²) < 4.78 is 10.2. The Morgan fingerprint density at radius 2 is 1.67 bits per heavy atom. The molecule has 0 saturated carbocycles. The van der Waals surface area contributed by atoms with E-state index in [4.69, 9.17) is 15.2 Å². The molecule has 1 aromatic rings. The molecule has 152 valence electrons. The van der Waals surface area contributed by atoms with E-state index >= 15 is 0 Å². The molecular formula is C19H30N2O6. The first-order valence-corrected chi connectivity index (χ1v) is 8.50. The van der Waals surface area contributed by atoms with Gasteiger partial charge in [-0.05, 0) is 45.6 Å². The third-order valence-electron chi connectivity index (χ3n) is 3.59. The number of nitrogens with two attached hydrogens (primary N) is 1. The first kappa shape index (κ1) is 24.6. The van der Waals surface area contributed by atoms with Gasteiger partial charge in [0.25, 0.3) is 0 Å². The van der Waals surface area contributed by atoms with Gasteiger partial charge in [0.05, 0.1) is 0 Å². The molecule has 0 fully saturated rings. The lowest BCUT2D eigenvalue weighted by molar-refractivity contribution is -0.169. The predicted octanol–water partition coefficient (Wildman–Crippen LogP) is 2.58. The van der Waals surface area contributed by atoms with Crippen molar-refractivity contribution in [3.8, 4) is 0 Å². The maximum absolute atomic E-state index is 12.1. The van der Waals surface area contributed by atoms with Crippen LogP contribution in [0.5, 0.6) is 0 Å². The third kappa shape index (κ3) is 8.65. The standard InChI is InChI=1S/C19H27NO6.H3N/c1-18(2,3)26-17(24)19(20,16(22)23)12-8-7-11-15(21)25-13-14-9-5-4-6-10-14;/h4-6,9-10H,7-8,11-13,20H2,1-3H3,(H,22,23);1H3. The van der Waals surface area contributed by atoms with Gasteiger partial charge >= 0.3 is 17.9 Å². The van der Waals surface area contributed by atoms with Crippen molar-refractivity contribution in [1.82, 2.24) is 6.15 Å². The van der Waals surface area contributed by atoms with Crippen LogP contribution in [0.3, 0.4) is 0 Å². The van der Waals surface area contributed by atoms with Crippen LogP contribution in [-0.4, -0.2) is 34.2 Å². The van der Waals surface area contributed by atoms with Crippen LogP contribution in [0.1, 0.15) is 52.0 Å². The van der Waals surface area contributed by atoms with Crippen molar-refractivity contribution in [2.75, 3.05) is 0 Å². The minimum atomic E-state index is -2.12. The zero-order valence-corrected chi connectivity index (χ0v) is 16.2. The van der Waals surface area contributed by atoms with Crippen LogP contribution in [0.4, 0.5) is 0 Å². The minimum absolute atomic E-state index is 0. The second-order valence-electron chi connectivity index (χ2n) is 7.13. The van der Waals surface area contributed by atoms with E-state index in [9.17, 15) is 19.5 Å². The Balaban J connectivity index is 0.00000676. The molecule has 0 aliphatic rings. The maximum Gasteiger partial charge on any atom is 0.338 e. The number of benzene rings is 1. The summed E-state index contributed by atoms with van der Waals surface area (Å²) in [5.41, 5.74) is 3.68. The molecule has 1 rings (SSSR count). The highest BCUT2D eigenvalue weighted by molar-refractivity contribution is 6.03. The Kier molecular flexibility index (Phi) is 9.67. The summed E-state index contributed by atoms with van der Waals surface area (Å²) in [6.07, 6.45) is 0.644. The molecule has 0 bridgehead atoms. The molecule has 1 unspecified atom stereocenters. The number of hydrogen-bond donors (Lipinski definition) is 3. The molecule has 0 heterocycles. The molecule has 0 radical (unpaired) electrons. The summed E-state index contributed by atoms with van der Waals surface area (Å²) in [7, 11) is 0. The molecule has 1 atom stereocenters. The number of hydrogen-bond acceptors (Lipinski definition) is 7. The lowest BCUT2D eigenvalue weighted by atomic mass is 9.93. The van der Waals surface area contributed by atoms with E-state index in [2.05, 4.69) is 0 Å². The lowest BCUT2D eigenvalue weighted by Gasteiger charge is -2.28. The van der Waals surface area contributed by atoms with E-state index in [0.717, 1.165) is 5.56 Å². The van der Waals surface area contributed by atoms with Crippen LogP contribution in [0.2, 0.25) is 0 Å². The van der Waals surface area contributed by atoms with Crippen molar-refractivity contribution in [1.29, 1.82) is 0 Å². The van der Waals surface area contributed by atoms with Gasteiger partial charge in [0.1, 0.15) is 12.2 Å². The average Bonchev–Trinajstić information content (AvgIpc) is 2.55. The molecule has 0 aromatic heterocycles. The van der Waals surface area contributed by atoms with Crippen LogP contribution >= 0.6 is 0 Å². The Morgan fingerprint density at radius 3 is 2.19 bits per heavy atom. The van der Waals surface area contributed by atoms with Crippen molar-refractivity contribution < 1.29 is 29.0 Å². The number of esters is 2. The SMILES string of the molecule is CC(C)(C)OC(=O)C(N)(CCCCC(=O)OCc1ccccc1)C(=O)O.N. The number of ether oxygens (including phenoxy) is 2. The molecule has 0 amide bonds. The van der Waals surface area contributed by atoms with Gasteiger partial charge < -0.3 is 26.5 Å². The lowest BCUT2D eigenvalue weighted by Crippen LogP contribution is -2.57. The van der Waals surface area contributed by atoms with E-state index in [1.54, 1.807) is 20.8 Å². The molecule has 27 heavy (non-hydrogen) atoms. The van der Waals surface area contributed by atoms with Crippen LogP contribution < -0.4 is 11.9 Å². The van der Waals surface area contributed by atoms with E-state index < -0.39 is 23.1 Å². The van der Waals surface area contributed by atoms with Crippen molar-refractivity contribution in [2.45, 2.75) is 64.2 Å². The Labute approximate surface area is 159 Å². The van der Waals surface area contributed by atoms with Gasteiger partial charge in [0, 0.05) is 6.42 Å². The first-order valence-electron chi connectivity index (χ1n) is 8.50. The van der Waals surface area contributed by atoms with Gasteiger partial charge in [-0.15, -0.1) is 0 Å². The fourth-order valence-corrected chi connectivity index (χ4v) is 2.15. The van der Waals surface area contributed by atoms with Gasteiger partial charge in [-0.25, -0.2) is 9.59 Å². The zero-order chi connectivity index (χ0) is 19.8. The van der Waals surface area contributed by atoms with Crippen LogP contribution in [0, 0.1) is 0 Å². The number of rotatable bonds is 9. The first-order chi connectivity index (χ1) is 12.0. The summed E-state index contributed by atoms with van der Waals surface area (Å²) in [5, 5.41) is 9.30. The van der Waals surface area contributed by atoms with Gasteiger partial charge in [0.2, 0.25) is 5.54 Å². The van der Waals surface area contributed by atoms with Crippen LogP contribution in [-0.2, 0) is 30.5 Å². The topological polar surface area (TPSA) is 151 Å². The summed E-state index contributed by atoms with van der Waals surface area (Å²) in [6.45, 7) is 5.09. The van der Waals surface area contributed by atoms with Gasteiger partial charge in [-0.3, -0.25) is 4.79 Å². The normalized spacial score (nSPS) is 13.0. The number of unbranched alkanes of at least 4 members (excludes halogenated alkanes) is 1. The molecule has 6 N–H and O–H groups in total. The molecule has 0 saturated heterocycles. The summed E-state index contributed by atoms with van der Waals surface area (Å²) in [5.74, 6) is -2.81. The van der Waals surface area contributed by atoms with E-state index in [1.165, 1.54) is 0 Å². The summed E-state index contributed by atoms with van der Waals surface area (Å²) in [6, 6.07) is 9.28. The maximum atomic E-state index is 12.1. The van der Waals surface area contributed by atoms with Crippen molar-refractivity contribution in [2.24, 2.45) is 5.73 Å². The smallest absolute Gasteiger partial charge is 0.338 e. The molecule has 8 nitrogen and oxygen atoms in total. The van der Waals surface area contributed by atoms with Crippen LogP contribution in [0.25, 0.3) is 0 Å². The monoisotopic (exact) mass is 382 g/mol. The Bertz CT molecular complexity index is 627. The second-order valence-corrected chi connectivity index (χ2v) is 7.13. The highest BCUT2D eigenvalue weighted by atomic mass is 16.6. The highest BCUT2D eigenvalue weighted by Crippen LogP contribution is 2.19. The number of carboxylic acids is 1. The average molecular weight is 382 g/mol. The number of carbonyl (C=O) groups is 3. The molecular weight excluding hydrogens is 352 g/mol. The van der Waals surface area contributed by atoms with E-state index in [-0.39, 0.29) is 38.0 Å². The van der Waals surface area contributed by atoms with Crippen molar-refractivity contribution in [3.63, 3.8) is 0 Å². The van der Waals surface area contributed by atoms with Gasteiger partial charge in [0.15, 0.2) is 0 Å². The van der Waals surface area contributed by atoms with E-state index in [0.29, 0.717) is 6.42 Å². The minimum Gasteiger partial charge on any atom is -0.479 e. The highest BCUT2D eigenvalue weighted by Gasteiger charge is 2.44. The third-order valence-corrected chi connectivity index (χ3v) is 3.59. The van der Waals surface area contributed by atoms with Crippen LogP contribution in [0.15, 0.2) is 30.3 Å². The Morgan fingerprint density at radius 1 is 1.07 bits per heavy atom. The summed E-state index contributed by atoms with van der Waals surface area (Å²) >= 11 is 0. The Hall–Kier alpha value is -2.45. The fourth-order valence-electron chi connectivity index (χ4n) is 2.15. The van der Waals surface area contributed by atoms with E-state index in [1.807, 2.05) is 30.3 Å². The van der Waals surface area contributed by atoms with Crippen molar-refractivity contribution >= 4 is 17.9 Å².